The Morgan fingerprint density at radius 3 is 2.53 bits per heavy atom. The highest BCUT2D eigenvalue weighted by atomic mass is 32.2. The van der Waals surface area contributed by atoms with E-state index in [1.54, 1.807) is 6.07 Å². The van der Waals surface area contributed by atoms with Gasteiger partial charge >= 0.3 is 12.1 Å². The average molecular weight is 438 g/mol. The van der Waals surface area contributed by atoms with Crippen LogP contribution in [0, 0.1) is 11.3 Å². The molecule has 2 aromatic carbocycles. The summed E-state index contributed by atoms with van der Waals surface area (Å²) in [6, 6.07) is 10.4. The number of sulfonamides is 1. The Balaban J connectivity index is 2.49. The van der Waals surface area contributed by atoms with Gasteiger partial charge in [0.05, 0.1) is 28.3 Å². The summed E-state index contributed by atoms with van der Waals surface area (Å²) in [6.07, 6.45) is -4.47. The van der Waals surface area contributed by atoms with Gasteiger partial charge in [-0.25, -0.2) is 13.2 Å². The fourth-order valence-corrected chi connectivity index (χ4v) is 3.94. The molecule has 0 aliphatic carbocycles. The van der Waals surface area contributed by atoms with Crippen molar-refractivity contribution in [3.8, 4) is 6.07 Å². The fourth-order valence-electron chi connectivity index (χ4n) is 2.46. The highest BCUT2D eigenvalue weighted by molar-refractivity contribution is 7.92. The summed E-state index contributed by atoms with van der Waals surface area (Å²) in [5.41, 5.74) is -1.34. The Hall–Kier alpha value is -3.32. The summed E-state index contributed by atoms with van der Waals surface area (Å²) in [7, 11) is -4.35. The van der Waals surface area contributed by atoms with Gasteiger partial charge in [0, 0.05) is 0 Å². The molecule has 0 saturated heterocycles. The molecule has 30 heavy (non-hydrogen) atoms. The standard InChI is InChI=1S/C20H17F3N2O4S/c1-3-10-25(17-8-5-7-16(12-17)20(21,22)23)30(27,28)18-9-4-6-15(11-18)19(26)29-14(2)13-24/h3-9,11-12,14H,1,10H2,2H3/t14-/m1/s1. The molecule has 10 heteroatoms. The highest BCUT2D eigenvalue weighted by Gasteiger charge is 2.32. The van der Waals surface area contributed by atoms with Crippen LogP contribution in [0.25, 0.3) is 0 Å². The number of benzene rings is 2. The van der Waals surface area contributed by atoms with Crippen molar-refractivity contribution in [1.82, 2.24) is 0 Å². The Labute approximate surface area is 171 Å². The molecule has 0 heterocycles. The zero-order valence-corrected chi connectivity index (χ0v) is 16.6. The van der Waals surface area contributed by atoms with Crippen LogP contribution in [-0.2, 0) is 20.9 Å². The topological polar surface area (TPSA) is 87.5 Å². The number of carbonyl (C=O) groups excluding carboxylic acids is 1. The van der Waals surface area contributed by atoms with Gasteiger partial charge in [0.25, 0.3) is 10.0 Å². The van der Waals surface area contributed by atoms with Gasteiger partial charge in [0.2, 0.25) is 0 Å². The lowest BCUT2D eigenvalue weighted by atomic mass is 10.2. The largest absolute Gasteiger partial charge is 0.444 e. The van der Waals surface area contributed by atoms with Crippen molar-refractivity contribution in [1.29, 1.82) is 5.26 Å². The molecule has 0 amide bonds. The molecule has 0 aliphatic heterocycles. The Morgan fingerprint density at radius 2 is 1.93 bits per heavy atom. The monoisotopic (exact) mass is 438 g/mol. The second-order valence-electron chi connectivity index (χ2n) is 6.08. The van der Waals surface area contributed by atoms with E-state index >= 15 is 0 Å². The maximum Gasteiger partial charge on any atom is 0.416 e. The first-order valence-electron chi connectivity index (χ1n) is 8.52. The normalized spacial score (nSPS) is 12.5. The molecule has 2 rings (SSSR count). The molecule has 2 aromatic rings. The number of alkyl halides is 3. The van der Waals surface area contributed by atoms with Crippen LogP contribution in [0.1, 0.15) is 22.8 Å². The summed E-state index contributed by atoms with van der Waals surface area (Å²) in [5, 5.41) is 8.73. The summed E-state index contributed by atoms with van der Waals surface area (Å²) in [5.74, 6) is -0.907. The quantitative estimate of drug-likeness (QED) is 0.479. The molecular weight excluding hydrogens is 421 g/mol. The molecule has 0 bridgehead atoms. The van der Waals surface area contributed by atoms with Gasteiger partial charge in [-0.05, 0) is 43.3 Å². The first-order chi connectivity index (χ1) is 14.0. The van der Waals surface area contributed by atoms with Crippen LogP contribution in [0.15, 0.2) is 66.1 Å². The Morgan fingerprint density at radius 1 is 1.27 bits per heavy atom. The number of carbonyl (C=O) groups is 1. The third-order valence-corrected chi connectivity index (χ3v) is 5.67. The maximum atomic E-state index is 13.1. The lowest BCUT2D eigenvalue weighted by Gasteiger charge is -2.24. The smallest absolute Gasteiger partial charge is 0.416 e. The molecule has 158 valence electrons. The minimum absolute atomic E-state index is 0.124. The lowest BCUT2D eigenvalue weighted by Crippen LogP contribution is -2.31. The van der Waals surface area contributed by atoms with Crippen LogP contribution < -0.4 is 4.31 Å². The van der Waals surface area contributed by atoms with E-state index in [1.165, 1.54) is 37.3 Å². The number of rotatable bonds is 7. The van der Waals surface area contributed by atoms with Crippen molar-refractivity contribution in [3.63, 3.8) is 0 Å². The molecule has 0 unspecified atom stereocenters. The molecule has 6 nitrogen and oxygen atoms in total. The van der Waals surface area contributed by atoms with Crippen LogP contribution in [0.3, 0.4) is 0 Å². The Bertz CT molecular complexity index is 1090. The van der Waals surface area contributed by atoms with Crippen molar-refractivity contribution in [2.75, 3.05) is 10.8 Å². The predicted molar refractivity (Wildman–Crippen MR) is 103 cm³/mol. The number of ether oxygens (including phenoxy) is 1. The van der Waals surface area contributed by atoms with Crippen LogP contribution in [-0.4, -0.2) is 27.0 Å². The van der Waals surface area contributed by atoms with E-state index in [0.29, 0.717) is 6.07 Å². The van der Waals surface area contributed by atoms with E-state index in [-0.39, 0.29) is 22.7 Å². The SMILES string of the molecule is C=CCN(c1cccc(C(F)(F)F)c1)S(=O)(=O)c1cccc(C(=O)O[C@H](C)C#N)c1. The van der Waals surface area contributed by atoms with Gasteiger partial charge in [0.1, 0.15) is 6.07 Å². The van der Waals surface area contributed by atoms with Crippen molar-refractivity contribution in [3.05, 3.63) is 72.3 Å². The number of halogens is 3. The average Bonchev–Trinajstić information content (AvgIpc) is 2.71. The summed E-state index contributed by atoms with van der Waals surface area (Å²) >= 11 is 0. The summed E-state index contributed by atoms with van der Waals surface area (Å²) < 4.78 is 71.0. The van der Waals surface area contributed by atoms with Crippen molar-refractivity contribution < 1.29 is 31.1 Å². The zero-order chi connectivity index (χ0) is 22.5. The maximum absolute atomic E-state index is 13.1. The molecule has 0 radical (unpaired) electrons. The number of hydrogen-bond acceptors (Lipinski definition) is 5. The summed E-state index contributed by atoms with van der Waals surface area (Å²) in [6.45, 7) is 4.50. The highest BCUT2D eigenvalue weighted by Crippen LogP contribution is 2.33. The van der Waals surface area contributed by atoms with Gasteiger partial charge < -0.3 is 4.74 Å². The number of hydrogen-bond donors (Lipinski definition) is 0. The van der Waals surface area contributed by atoms with E-state index in [2.05, 4.69) is 6.58 Å². The van der Waals surface area contributed by atoms with E-state index in [0.717, 1.165) is 22.5 Å². The number of nitrogens with zero attached hydrogens (tertiary/aromatic N) is 2. The number of nitriles is 1. The first-order valence-corrected chi connectivity index (χ1v) is 9.96. The third kappa shape index (κ3) is 5.18. The van der Waals surface area contributed by atoms with Gasteiger partial charge in [-0.1, -0.05) is 18.2 Å². The van der Waals surface area contributed by atoms with Gasteiger partial charge in [-0.15, -0.1) is 6.58 Å². The summed E-state index contributed by atoms with van der Waals surface area (Å²) in [4.78, 5) is 11.8. The predicted octanol–water partition coefficient (Wildman–Crippen LogP) is 4.16. The first kappa shape index (κ1) is 23.0. The van der Waals surface area contributed by atoms with Crippen molar-refractivity contribution in [2.24, 2.45) is 0 Å². The zero-order valence-electron chi connectivity index (χ0n) is 15.8. The minimum Gasteiger partial charge on any atom is -0.444 e. The van der Waals surface area contributed by atoms with Gasteiger partial charge in [-0.2, -0.15) is 18.4 Å². The molecule has 1 atom stereocenters. The molecule has 0 saturated carbocycles. The molecule has 0 aliphatic rings. The van der Waals surface area contributed by atoms with Gasteiger partial charge in [-0.3, -0.25) is 4.31 Å². The molecule has 0 N–H and O–H groups in total. The van der Waals surface area contributed by atoms with E-state index in [9.17, 15) is 26.4 Å². The lowest BCUT2D eigenvalue weighted by molar-refractivity contribution is -0.137. The van der Waals surface area contributed by atoms with E-state index in [1.807, 2.05) is 0 Å². The molecule has 0 fully saturated rings. The van der Waals surface area contributed by atoms with Crippen molar-refractivity contribution >= 4 is 21.7 Å². The molecule has 0 spiro atoms. The number of esters is 1. The van der Waals surface area contributed by atoms with Crippen molar-refractivity contribution in [2.45, 2.75) is 24.1 Å². The molecule has 0 aromatic heterocycles. The minimum atomic E-state index is -4.65. The Kier molecular flexibility index (Phi) is 6.89. The van der Waals surface area contributed by atoms with Gasteiger partial charge in [0.15, 0.2) is 6.10 Å². The van der Waals surface area contributed by atoms with E-state index in [4.69, 9.17) is 10.00 Å². The van der Waals surface area contributed by atoms with E-state index < -0.39 is 33.8 Å². The third-order valence-electron chi connectivity index (χ3n) is 3.88. The van der Waals surface area contributed by atoms with Crippen LogP contribution in [0.5, 0.6) is 0 Å². The second kappa shape index (κ2) is 9.00. The second-order valence-corrected chi connectivity index (χ2v) is 7.94. The number of anilines is 1. The van der Waals surface area contributed by atoms with Crippen LogP contribution in [0.2, 0.25) is 0 Å². The fraction of sp³-hybridized carbons (Fsp3) is 0.200. The van der Waals surface area contributed by atoms with Crippen LogP contribution in [0.4, 0.5) is 18.9 Å². The van der Waals surface area contributed by atoms with Crippen LogP contribution >= 0.6 is 0 Å². The molecular formula is C20H17F3N2O4S.